The Morgan fingerprint density at radius 3 is 2.53 bits per heavy atom. The Morgan fingerprint density at radius 2 is 1.80 bits per heavy atom. The van der Waals surface area contributed by atoms with Crippen molar-refractivity contribution in [2.24, 2.45) is 5.73 Å². The minimum absolute atomic E-state index is 0.798. The van der Waals surface area contributed by atoms with E-state index in [1.54, 1.807) is 0 Å². The zero-order valence-corrected chi connectivity index (χ0v) is 9.83. The van der Waals surface area contributed by atoms with E-state index >= 15 is 0 Å². The van der Waals surface area contributed by atoms with Gasteiger partial charge in [-0.15, -0.1) is 0 Å². The highest BCUT2D eigenvalue weighted by Gasteiger charge is 2.25. The third-order valence-corrected chi connectivity index (χ3v) is 3.83. The molecule has 88 valence electrons. The molecular weight excluding hydrogens is 186 g/mol. The van der Waals surface area contributed by atoms with E-state index < -0.39 is 0 Å². The lowest BCUT2D eigenvalue weighted by Gasteiger charge is -2.32. The third-order valence-electron chi connectivity index (χ3n) is 3.83. The maximum absolute atomic E-state index is 5.65. The van der Waals surface area contributed by atoms with E-state index in [2.05, 4.69) is 9.80 Å². The molecule has 2 N–H and O–H groups in total. The van der Waals surface area contributed by atoms with Crippen molar-refractivity contribution in [3.8, 4) is 0 Å². The maximum Gasteiger partial charge on any atom is 0.0224 e. The van der Waals surface area contributed by atoms with E-state index in [1.807, 2.05) is 0 Å². The van der Waals surface area contributed by atoms with Gasteiger partial charge in [0.2, 0.25) is 0 Å². The van der Waals surface area contributed by atoms with E-state index in [4.69, 9.17) is 5.73 Å². The lowest BCUT2D eigenvalue weighted by atomic mass is 10.1. The molecule has 0 aromatic carbocycles. The summed E-state index contributed by atoms with van der Waals surface area (Å²) in [5.74, 6) is 0. The minimum atomic E-state index is 0.798. The van der Waals surface area contributed by atoms with Gasteiger partial charge in [-0.05, 0) is 45.3 Å². The minimum Gasteiger partial charge on any atom is -0.329 e. The molecule has 0 amide bonds. The molecule has 2 heterocycles. The summed E-state index contributed by atoms with van der Waals surface area (Å²) in [4.78, 5) is 5.25. The molecule has 2 aliphatic rings. The maximum atomic E-state index is 5.65. The van der Waals surface area contributed by atoms with E-state index in [-0.39, 0.29) is 0 Å². The quantitative estimate of drug-likeness (QED) is 0.750. The van der Waals surface area contributed by atoms with Crippen LogP contribution in [-0.2, 0) is 0 Å². The summed E-state index contributed by atoms with van der Waals surface area (Å²) in [5.41, 5.74) is 5.65. The summed E-state index contributed by atoms with van der Waals surface area (Å²) >= 11 is 0. The molecular formula is C12H25N3. The van der Waals surface area contributed by atoms with Gasteiger partial charge in [-0.3, -0.25) is 4.90 Å². The van der Waals surface area contributed by atoms with E-state index in [0.717, 1.165) is 19.1 Å². The molecule has 0 spiro atoms. The van der Waals surface area contributed by atoms with Crippen LogP contribution in [0.1, 0.15) is 32.1 Å². The monoisotopic (exact) mass is 211 g/mol. The number of nitrogens with two attached hydrogens (primary N) is 1. The first-order chi connectivity index (χ1) is 7.40. The van der Waals surface area contributed by atoms with Crippen molar-refractivity contribution in [3.05, 3.63) is 0 Å². The van der Waals surface area contributed by atoms with E-state index in [1.165, 1.54) is 58.3 Å². The van der Waals surface area contributed by atoms with Crippen LogP contribution < -0.4 is 5.73 Å². The molecule has 0 aromatic rings. The second-order valence-corrected chi connectivity index (χ2v) is 4.98. The molecule has 0 saturated carbocycles. The second-order valence-electron chi connectivity index (χ2n) is 4.98. The summed E-state index contributed by atoms with van der Waals surface area (Å²) in [7, 11) is 0. The van der Waals surface area contributed by atoms with Crippen LogP contribution in [0.4, 0.5) is 0 Å². The van der Waals surface area contributed by atoms with Crippen molar-refractivity contribution >= 4 is 0 Å². The standard InChI is InChI=1S/C12H25N3/c13-6-10-15-9-4-5-12(15)11-14-7-2-1-3-8-14/h12H,1-11,13H2/t12-/m1/s1. The molecule has 3 nitrogen and oxygen atoms in total. The van der Waals surface area contributed by atoms with Crippen LogP contribution in [0.3, 0.4) is 0 Å². The van der Waals surface area contributed by atoms with Crippen molar-refractivity contribution in [3.63, 3.8) is 0 Å². The van der Waals surface area contributed by atoms with Crippen LogP contribution in [-0.4, -0.2) is 55.1 Å². The molecule has 3 heteroatoms. The molecule has 0 aromatic heterocycles. The number of rotatable bonds is 4. The summed E-state index contributed by atoms with van der Waals surface area (Å²) < 4.78 is 0. The summed E-state index contributed by atoms with van der Waals surface area (Å²) in [6, 6.07) is 0.798. The lowest BCUT2D eigenvalue weighted by molar-refractivity contribution is 0.155. The predicted octanol–water partition coefficient (Wildman–Crippen LogP) is 0.895. The molecule has 0 aliphatic carbocycles. The molecule has 1 atom stereocenters. The topological polar surface area (TPSA) is 32.5 Å². The van der Waals surface area contributed by atoms with Gasteiger partial charge >= 0.3 is 0 Å². The highest BCUT2D eigenvalue weighted by atomic mass is 15.2. The van der Waals surface area contributed by atoms with Gasteiger partial charge in [0.05, 0.1) is 0 Å². The highest BCUT2D eigenvalue weighted by Crippen LogP contribution is 2.19. The Kier molecular flexibility index (Phi) is 4.42. The lowest BCUT2D eigenvalue weighted by Crippen LogP contribution is -2.43. The van der Waals surface area contributed by atoms with Gasteiger partial charge < -0.3 is 10.6 Å². The smallest absolute Gasteiger partial charge is 0.0224 e. The summed E-state index contributed by atoms with van der Waals surface area (Å²) in [6.45, 7) is 7.13. The number of likely N-dealkylation sites (tertiary alicyclic amines) is 2. The SMILES string of the molecule is NCCN1CCC[C@@H]1CN1CCCCC1. The van der Waals surface area contributed by atoms with E-state index in [9.17, 15) is 0 Å². The van der Waals surface area contributed by atoms with Crippen LogP contribution in [0.15, 0.2) is 0 Å². The normalized spacial score (nSPS) is 29.8. The third kappa shape index (κ3) is 3.16. The first kappa shape index (κ1) is 11.4. The molecule has 2 saturated heterocycles. The fourth-order valence-corrected chi connectivity index (χ4v) is 3.00. The largest absolute Gasteiger partial charge is 0.329 e. The predicted molar refractivity (Wildman–Crippen MR) is 63.9 cm³/mol. The van der Waals surface area contributed by atoms with Gasteiger partial charge in [-0.2, -0.15) is 0 Å². The molecule has 0 unspecified atom stereocenters. The number of hydrogen-bond donors (Lipinski definition) is 1. The Labute approximate surface area is 93.6 Å². The van der Waals surface area contributed by atoms with Crippen molar-refractivity contribution in [2.45, 2.75) is 38.1 Å². The first-order valence-electron chi connectivity index (χ1n) is 6.56. The average Bonchev–Trinajstić information content (AvgIpc) is 2.68. The zero-order valence-electron chi connectivity index (χ0n) is 9.83. The van der Waals surface area contributed by atoms with Crippen LogP contribution in [0.5, 0.6) is 0 Å². The van der Waals surface area contributed by atoms with Crippen molar-refractivity contribution in [1.82, 2.24) is 9.80 Å². The fourth-order valence-electron chi connectivity index (χ4n) is 3.00. The molecule has 2 fully saturated rings. The van der Waals surface area contributed by atoms with Gasteiger partial charge in [0.15, 0.2) is 0 Å². The van der Waals surface area contributed by atoms with Gasteiger partial charge in [0, 0.05) is 25.7 Å². The van der Waals surface area contributed by atoms with Crippen molar-refractivity contribution < 1.29 is 0 Å². The molecule has 0 radical (unpaired) electrons. The van der Waals surface area contributed by atoms with Crippen LogP contribution >= 0.6 is 0 Å². The molecule has 0 bridgehead atoms. The molecule has 15 heavy (non-hydrogen) atoms. The molecule has 2 aliphatic heterocycles. The average molecular weight is 211 g/mol. The number of nitrogens with zero attached hydrogens (tertiary/aromatic N) is 2. The number of hydrogen-bond acceptors (Lipinski definition) is 3. The summed E-state index contributed by atoms with van der Waals surface area (Å²) in [5, 5.41) is 0. The Balaban J connectivity index is 1.76. The van der Waals surface area contributed by atoms with E-state index in [0.29, 0.717) is 0 Å². The zero-order chi connectivity index (χ0) is 10.5. The van der Waals surface area contributed by atoms with Crippen LogP contribution in [0, 0.1) is 0 Å². The summed E-state index contributed by atoms with van der Waals surface area (Å²) in [6.07, 6.45) is 7.01. The Bertz CT molecular complexity index is 178. The second kappa shape index (κ2) is 5.83. The highest BCUT2D eigenvalue weighted by molar-refractivity contribution is 4.82. The first-order valence-corrected chi connectivity index (χ1v) is 6.56. The van der Waals surface area contributed by atoms with Crippen LogP contribution in [0.25, 0.3) is 0 Å². The van der Waals surface area contributed by atoms with Crippen molar-refractivity contribution in [2.75, 3.05) is 39.3 Å². The number of piperidine rings is 1. The Hall–Kier alpha value is -0.120. The van der Waals surface area contributed by atoms with Crippen LogP contribution in [0.2, 0.25) is 0 Å². The molecule has 2 rings (SSSR count). The van der Waals surface area contributed by atoms with Gasteiger partial charge in [0.25, 0.3) is 0 Å². The Morgan fingerprint density at radius 1 is 1.00 bits per heavy atom. The fraction of sp³-hybridized carbons (Fsp3) is 1.00. The van der Waals surface area contributed by atoms with Gasteiger partial charge in [0.1, 0.15) is 0 Å². The van der Waals surface area contributed by atoms with Crippen molar-refractivity contribution in [1.29, 1.82) is 0 Å². The van der Waals surface area contributed by atoms with Gasteiger partial charge in [-0.1, -0.05) is 6.42 Å². The van der Waals surface area contributed by atoms with Gasteiger partial charge in [-0.25, -0.2) is 0 Å².